The van der Waals surface area contributed by atoms with Crippen LogP contribution in [0.2, 0.25) is 0 Å². The van der Waals surface area contributed by atoms with Gasteiger partial charge in [-0.1, -0.05) is 0 Å². The first-order valence-corrected chi connectivity index (χ1v) is 9.07. The van der Waals surface area contributed by atoms with E-state index in [9.17, 15) is 39.1 Å². The van der Waals surface area contributed by atoms with Crippen LogP contribution in [0.25, 0.3) is 0 Å². The molecule has 0 aliphatic carbocycles. The minimum atomic E-state index is -4.90. The summed E-state index contributed by atoms with van der Waals surface area (Å²) in [6, 6.07) is 0. The fourth-order valence-electron chi connectivity index (χ4n) is 2.77. The molecule has 2 aliphatic heterocycles. The van der Waals surface area contributed by atoms with Crippen molar-refractivity contribution in [3.63, 3.8) is 0 Å². The van der Waals surface area contributed by atoms with Crippen LogP contribution in [0.1, 0.15) is 0 Å². The Balaban J connectivity index is 0.00000392. The summed E-state index contributed by atoms with van der Waals surface area (Å²) < 4.78 is 49.3. The number of hydrogen-bond acceptors (Lipinski definition) is 13. The van der Waals surface area contributed by atoms with Gasteiger partial charge in [0.25, 0.3) is 0 Å². The van der Waals surface area contributed by atoms with Crippen molar-refractivity contribution in [2.45, 2.75) is 54.8 Å². The van der Waals surface area contributed by atoms with Crippen LogP contribution in [-0.2, 0) is 28.8 Å². The van der Waals surface area contributed by atoms with Crippen molar-refractivity contribution in [1.29, 1.82) is 0 Å². The third kappa shape index (κ3) is 5.97. The fraction of sp³-hybridized carbons (Fsp3) is 1.00. The molecular formula is C12H26O16S. The minimum Gasteiger partial charge on any atom is -0.412 e. The standard InChI is InChI=1S/C12H22O14S.2H2O/c13-1-4-7(16)10(19)12(3-14,25-4)26-11-9(18)8(17)6(15)5(24-11)2-23-27(20,21)22;;/h4-11,13-19H,1-3H2,(H,20,21,22);2*1H2/t4-,5-,6-,7-,8+,9-,10+,11-,12+;;/m1../s1. The molecule has 29 heavy (non-hydrogen) atoms. The van der Waals surface area contributed by atoms with Crippen LogP contribution in [0.5, 0.6) is 0 Å². The molecule has 16 nitrogen and oxygen atoms in total. The van der Waals surface area contributed by atoms with Crippen molar-refractivity contribution in [2.24, 2.45) is 0 Å². The first-order chi connectivity index (χ1) is 12.5. The van der Waals surface area contributed by atoms with E-state index >= 15 is 0 Å². The summed E-state index contributed by atoms with van der Waals surface area (Å²) in [5, 5.41) is 68.2. The lowest BCUT2D eigenvalue weighted by Gasteiger charge is -2.43. The van der Waals surface area contributed by atoms with Crippen LogP contribution in [0.3, 0.4) is 0 Å². The Labute approximate surface area is 164 Å². The highest BCUT2D eigenvalue weighted by Crippen LogP contribution is 2.36. The molecule has 9 atom stereocenters. The maximum absolute atomic E-state index is 10.6. The molecule has 0 amide bonds. The van der Waals surface area contributed by atoms with E-state index in [1.807, 2.05) is 0 Å². The summed E-state index contributed by atoms with van der Waals surface area (Å²) >= 11 is 0. The van der Waals surface area contributed by atoms with Gasteiger partial charge in [0.2, 0.25) is 5.79 Å². The van der Waals surface area contributed by atoms with E-state index in [-0.39, 0.29) is 11.0 Å². The van der Waals surface area contributed by atoms with Gasteiger partial charge in [0, 0.05) is 0 Å². The highest BCUT2D eigenvalue weighted by atomic mass is 32.3. The topological polar surface area (TPSA) is 296 Å². The normalized spacial score (nSPS) is 42.8. The monoisotopic (exact) mass is 458 g/mol. The lowest BCUT2D eigenvalue weighted by atomic mass is 9.99. The average Bonchev–Trinajstić information content (AvgIpc) is 2.85. The molecule has 0 aromatic carbocycles. The van der Waals surface area contributed by atoms with E-state index in [2.05, 4.69) is 4.18 Å². The van der Waals surface area contributed by atoms with Gasteiger partial charge < -0.3 is 60.9 Å². The third-order valence-corrected chi connectivity index (χ3v) is 4.71. The van der Waals surface area contributed by atoms with Gasteiger partial charge in [-0.3, -0.25) is 4.55 Å². The predicted octanol–water partition coefficient (Wildman–Crippen LogP) is -7.22. The molecule has 2 rings (SSSR count). The highest BCUT2D eigenvalue weighted by Gasteiger charge is 2.58. The first kappa shape index (κ1) is 28.4. The first-order valence-electron chi connectivity index (χ1n) is 7.70. The van der Waals surface area contributed by atoms with E-state index in [0.717, 1.165) is 0 Å². The molecule has 2 aliphatic rings. The zero-order valence-corrected chi connectivity index (χ0v) is 15.5. The number of hydrogen-bond donors (Lipinski definition) is 8. The lowest BCUT2D eigenvalue weighted by molar-refractivity contribution is -0.383. The van der Waals surface area contributed by atoms with Crippen LogP contribution in [0.15, 0.2) is 0 Å². The summed E-state index contributed by atoms with van der Waals surface area (Å²) in [7, 11) is -4.90. The van der Waals surface area contributed by atoms with Crippen molar-refractivity contribution < 1.29 is 78.1 Å². The maximum Gasteiger partial charge on any atom is 0.397 e. The summed E-state index contributed by atoms with van der Waals surface area (Å²) in [5.74, 6) is -2.37. The van der Waals surface area contributed by atoms with Crippen LogP contribution >= 0.6 is 0 Å². The van der Waals surface area contributed by atoms with E-state index in [4.69, 9.17) is 23.9 Å². The second kappa shape index (κ2) is 10.6. The Bertz CT molecular complexity index is 601. The molecule has 2 fully saturated rings. The van der Waals surface area contributed by atoms with Crippen LogP contribution in [0, 0.1) is 0 Å². The summed E-state index contributed by atoms with van der Waals surface area (Å²) in [5.41, 5.74) is 0. The van der Waals surface area contributed by atoms with Crippen molar-refractivity contribution >= 4 is 10.4 Å². The molecule has 0 radical (unpaired) electrons. The second-order valence-corrected chi connectivity index (χ2v) is 7.18. The van der Waals surface area contributed by atoms with Crippen molar-refractivity contribution in [3.8, 4) is 0 Å². The van der Waals surface area contributed by atoms with Gasteiger partial charge >= 0.3 is 10.4 Å². The lowest BCUT2D eigenvalue weighted by Crippen LogP contribution is -2.62. The van der Waals surface area contributed by atoms with Gasteiger partial charge in [0.1, 0.15) is 49.3 Å². The summed E-state index contributed by atoms with van der Waals surface area (Å²) in [4.78, 5) is 0. The van der Waals surface area contributed by atoms with Gasteiger partial charge in [0.05, 0.1) is 13.2 Å². The molecule has 0 unspecified atom stereocenters. The maximum atomic E-state index is 10.6. The number of aliphatic hydroxyl groups excluding tert-OH is 7. The molecule has 2 heterocycles. The van der Waals surface area contributed by atoms with Gasteiger partial charge in [-0.25, -0.2) is 4.18 Å². The Hall–Kier alpha value is -0.610. The zero-order valence-electron chi connectivity index (χ0n) is 14.7. The largest absolute Gasteiger partial charge is 0.412 e. The SMILES string of the molecule is O.O.O=S(=O)(O)OC[C@H]1O[C@H](O[C@]2(CO)O[C@H](CO)[C@@H](O)[C@@H]2O)[C@H](O)[C@@H](O)[C@@H]1O. The molecule has 2 saturated heterocycles. The fourth-order valence-corrected chi connectivity index (χ4v) is 3.08. The molecule has 0 spiro atoms. The Morgan fingerprint density at radius 2 is 1.48 bits per heavy atom. The predicted molar refractivity (Wildman–Crippen MR) is 86.3 cm³/mol. The number of rotatable bonds is 7. The summed E-state index contributed by atoms with van der Waals surface area (Å²) in [6.07, 6.45) is -14.2. The quantitative estimate of drug-likeness (QED) is 0.164. The van der Waals surface area contributed by atoms with E-state index < -0.39 is 85.0 Å². The van der Waals surface area contributed by atoms with Crippen molar-refractivity contribution in [3.05, 3.63) is 0 Å². The average molecular weight is 458 g/mol. The van der Waals surface area contributed by atoms with Crippen LogP contribution < -0.4 is 0 Å². The van der Waals surface area contributed by atoms with E-state index in [1.165, 1.54) is 0 Å². The van der Waals surface area contributed by atoms with Crippen LogP contribution in [-0.4, -0.2) is 134 Å². The number of ether oxygens (including phenoxy) is 3. The Morgan fingerprint density at radius 1 is 0.897 bits per heavy atom. The van der Waals surface area contributed by atoms with E-state index in [0.29, 0.717) is 0 Å². The molecule has 0 bridgehead atoms. The second-order valence-electron chi connectivity index (χ2n) is 6.09. The highest BCUT2D eigenvalue weighted by molar-refractivity contribution is 7.80. The molecule has 0 aromatic rings. The van der Waals surface area contributed by atoms with Gasteiger partial charge in [-0.15, -0.1) is 0 Å². The minimum absolute atomic E-state index is 0. The van der Waals surface area contributed by atoms with Crippen molar-refractivity contribution in [2.75, 3.05) is 19.8 Å². The Morgan fingerprint density at radius 3 is 1.93 bits per heavy atom. The van der Waals surface area contributed by atoms with Gasteiger partial charge in [-0.2, -0.15) is 8.42 Å². The summed E-state index contributed by atoms with van der Waals surface area (Å²) in [6.45, 7) is -2.79. The molecular weight excluding hydrogens is 432 g/mol. The van der Waals surface area contributed by atoms with Gasteiger partial charge in [-0.05, 0) is 0 Å². The number of aliphatic hydroxyl groups is 7. The van der Waals surface area contributed by atoms with Gasteiger partial charge in [0.15, 0.2) is 6.29 Å². The van der Waals surface area contributed by atoms with E-state index in [1.54, 1.807) is 0 Å². The molecule has 12 N–H and O–H groups in total. The molecule has 0 saturated carbocycles. The third-order valence-electron chi connectivity index (χ3n) is 4.27. The van der Waals surface area contributed by atoms with Crippen LogP contribution in [0.4, 0.5) is 0 Å². The smallest absolute Gasteiger partial charge is 0.397 e. The Kier molecular flexibility index (Phi) is 10.4. The molecule has 176 valence electrons. The molecule has 17 heteroatoms. The zero-order chi connectivity index (χ0) is 20.6. The molecule has 0 aromatic heterocycles. The van der Waals surface area contributed by atoms with Crippen molar-refractivity contribution in [1.82, 2.24) is 0 Å².